The van der Waals surface area contributed by atoms with Gasteiger partial charge in [0.15, 0.2) is 73.3 Å². The van der Waals surface area contributed by atoms with Crippen LogP contribution in [0.5, 0.6) is 0 Å². The molecular weight excluding hydrogens is 1350 g/mol. The summed E-state index contributed by atoms with van der Waals surface area (Å²) in [6.07, 6.45) is 6.36. The first kappa shape index (κ1) is 56.5. The summed E-state index contributed by atoms with van der Waals surface area (Å²) in [5.74, 6) is -3.73. The molecule has 1 atom stereocenters. The molecule has 16 aromatic rings. The lowest BCUT2D eigenvalue weighted by molar-refractivity contribution is -0.672. The first-order valence-corrected chi connectivity index (χ1v) is 38.9. The Morgan fingerprint density at radius 3 is 0.945 bits per heavy atom. The molecule has 110 heavy (non-hydrogen) atoms. The van der Waals surface area contributed by atoms with Gasteiger partial charge in [0.2, 0.25) is 45.6 Å². The number of fused-ring (bicyclic) bond motifs is 28. The summed E-state index contributed by atoms with van der Waals surface area (Å²) in [5, 5.41) is 8.26. The van der Waals surface area contributed by atoms with Crippen LogP contribution in [0.25, 0.3) is 133 Å². The molecule has 12 nitrogen and oxygen atoms in total. The van der Waals surface area contributed by atoms with E-state index >= 15 is 0 Å². The average molecular weight is 1470 g/mol. The van der Waals surface area contributed by atoms with Crippen LogP contribution in [0.15, 0.2) is 164 Å². The monoisotopic (exact) mass is 1470 g/mol. The van der Waals surface area contributed by atoms with Crippen molar-refractivity contribution < 1.29 is 56.5 Å². The highest BCUT2D eigenvalue weighted by atomic mass is 16.4. The lowest BCUT2D eigenvalue weighted by Crippen LogP contribution is -2.33. The number of pyridine rings is 8. The Morgan fingerprint density at radius 1 is 0.364 bits per heavy atom. The van der Waals surface area contributed by atoms with E-state index in [9.17, 15) is 0 Å². The lowest BCUT2D eigenvalue weighted by Gasteiger charge is -2.07. The van der Waals surface area contributed by atoms with E-state index in [4.69, 9.17) is 48.2 Å². The van der Waals surface area contributed by atoms with Crippen LogP contribution in [-0.2, 0) is 64.6 Å². The van der Waals surface area contributed by atoms with Gasteiger partial charge in [-0.05, 0) is 197 Å². The molecule has 16 heterocycles. The van der Waals surface area contributed by atoms with Gasteiger partial charge in [-0.3, -0.25) is 0 Å². The molecule has 0 saturated carbocycles. The maximum absolute atomic E-state index is 8.67. The minimum atomic E-state index is -3.40. The molecule has 0 saturated heterocycles. The van der Waals surface area contributed by atoms with Gasteiger partial charge < -0.3 is 17.7 Å². The molecule has 4 aliphatic heterocycles. The summed E-state index contributed by atoms with van der Waals surface area (Å²) < 4.78 is 155. The highest BCUT2D eigenvalue weighted by Crippen LogP contribution is 2.45. The predicted octanol–water partition coefficient (Wildman–Crippen LogP) is 22.6. The van der Waals surface area contributed by atoms with Gasteiger partial charge in [-0.1, -0.05) is 121 Å². The first-order valence-electron chi connectivity index (χ1n) is 46.4. The molecule has 12 aromatic heterocycles. The fourth-order valence-corrected chi connectivity index (χ4v) is 16.7. The molecule has 556 valence electrons. The third kappa shape index (κ3) is 12.8. The van der Waals surface area contributed by atoms with Crippen LogP contribution in [-0.4, -0.2) is 19.9 Å². The average Bonchev–Trinajstić information content (AvgIpc) is 1.70. The van der Waals surface area contributed by atoms with E-state index < -0.39 is 45.1 Å². The minimum absolute atomic E-state index is 0.143. The SMILES string of the molecule is CCc1ccc2c(n1)oc1c3c(ccc12)C[n+]1cc(CC(C)C)c(C)cc1-3.Cc1cc2[n+](cc1CC(C)C)Cc1ccc3c(oc4nc(C(C)C)ccc43)c1-2.[2H]C([2H])([2H])C([2H])(C([2H])([2H])[2H])C([2H])([2H])c1c[n+]2c(cc1C)-c1c(ccc3c1oc1nc(C(C)C)ccc13)C2.[2H]C([2H])([2H])C([2H])(C)C([2H])([2H])c1c[n+]2c(cc1C)-c1c(ccc3c1oc1nc(CC)ccc13)C2. The van der Waals surface area contributed by atoms with Crippen molar-refractivity contribution in [3.63, 3.8) is 0 Å². The summed E-state index contributed by atoms with van der Waals surface area (Å²) in [6.45, 7) is 23.8. The summed E-state index contributed by atoms with van der Waals surface area (Å²) in [4.78, 5) is 18.8. The smallest absolute Gasteiger partial charge is 0.227 e. The van der Waals surface area contributed by atoms with E-state index in [0.717, 1.165) is 173 Å². The van der Waals surface area contributed by atoms with Crippen molar-refractivity contribution in [1.82, 2.24) is 19.9 Å². The van der Waals surface area contributed by atoms with Crippen LogP contribution in [0.4, 0.5) is 0 Å². The molecule has 0 radical (unpaired) electrons. The Bertz CT molecular complexity index is 7110. The van der Waals surface area contributed by atoms with Crippen molar-refractivity contribution in [2.24, 2.45) is 23.6 Å². The van der Waals surface area contributed by atoms with Crippen molar-refractivity contribution in [2.75, 3.05) is 0 Å². The van der Waals surface area contributed by atoms with E-state index in [2.05, 4.69) is 175 Å². The van der Waals surface area contributed by atoms with Crippen molar-refractivity contribution in [3.8, 4) is 45.0 Å². The van der Waals surface area contributed by atoms with Gasteiger partial charge >= 0.3 is 0 Å². The Balaban J connectivity index is 0.000000119. The van der Waals surface area contributed by atoms with Crippen LogP contribution in [0.1, 0.15) is 219 Å². The molecular formula is C98H104N8O4+4. The molecule has 12 heteroatoms. The van der Waals surface area contributed by atoms with Crippen LogP contribution in [0.2, 0.25) is 0 Å². The number of benzene rings is 4. The largest absolute Gasteiger partial charge is 0.437 e. The predicted molar refractivity (Wildman–Crippen MR) is 445 cm³/mol. The topological polar surface area (TPSA) is 120 Å². The number of rotatable bonds is 12. The molecule has 0 fully saturated rings. The van der Waals surface area contributed by atoms with Gasteiger partial charge in [0.05, 0.1) is 22.3 Å². The Labute approximate surface area is 667 Å². The van der Waals surface area contributed by atoms with E-state index in [1.807, 2.05) is 59.2 Å². The number of nitrogens with zero attached hydrogens (tertiary/aromatic N) is 8. The van der Waals surface area contributed by atoms with Gasteiger partial charge in [0, 0.05) is 155 Å². The molecule has 4 aromatic carbocycles. The standard InChI is InChI=1S/2C25H27N2O.2C24H25N2O/c2*1-14(2)10-18-13-27-12-17-6-7-19-20-8-9-21(15(3)4)26-25(20)28-24(19)23(17)22(27)11-16(18)5;2*1-5-18-7-9-20-19-8-6-16-12-26-13-17(10-14(2)3)15(4)11-21(26)22(16)23(19)27-24(20)25-18/h2*6-9,11,13-15H,10,12H2,1-5H3;2*6-9,11,13-14H,5,10,12H2,1-4H3/q4*+1/i1D3,2D3,10D2,14D;;2D3,10D2,14D;. The van der Waals surface area contributed by atoms with Gasteiger partial charge in [0.1, 0.15) is 0 Å². The quantitative estimate of drug-likeness (QED) is 0.111. The Hall–Kier alpha value is -10.7. The van der Waals surface area contributed by atoms with E-state index in [1.165, 1.54) is 62.1 Å². The highest BCUT2D eigenvalue weighted by Gasteiger charge is 2.37. The third-order valence-corrected chi connectivity index (χ3v) is 22.4. The molecule has 0 spiro atoms. The zero-order valence-electron chi connectivity index (χ0n) is 80.5. The molecule has 0 bridgehead atoms. The highest BCUT2D eigenvalue weighted by molar-refractivity contribution is 6.12. The molecule has 0 N–H and O–H groups in total. The minimum Gasteiger partial charge on any atom is -0.437 e. The van der Waals surface area contributed by atoms with Gasteiger partial charge in [-0.15, -0.1) is 0 Å². The van der Waals surface area contributed by atoms with Gasteiger partial charge in [0.25, 0.3) is 0 Å². The summed E-state index contributed by atoms with van der Waals surface area (Å²) in [6, 6.07) is 41.7. The summed E-state index contributed by atoms with van der Waals surface area (Å²) in [7, 11) is 0. The Morgan fingerprint density at radius 2 is 0.645 bits per heavy atom. The molecule has 1 unspecified atom stereocenters. The number of aromatic nitrogens is 8. The number of aryl methyl sites for hydroxylation is 6. The fourth-order valence-electron chi connectivity index (χ4n) is 16.7. The van der Waals surface area contributed by atoms with Gasteiger partial charge in [-0.25, -0.2) is 19.9 Å². The maximum atomic E-state index is 8.67. The lowest BCUT2D eigenvalue weighted by atomic mass is 9.98. The third-order valence-electron chi connectivity index (χ3n) is 22.4. The van der Waals surface area contributed by atoms with E-state index in [-0.39, 0.29) is 17.0 Å². The van der Waals surface area contributed by atoms with E-state index in [1.54, 1.807) is 30.7 Å². The van der Waals surface area contributed by atoms with Crippen molar-refractivity contribution in [2.45, 2.75) is 201 Å². The van der Waals surface area contributed by atoms with E-state index in [0.29, 0.717) is 59.0 Å². The molecule has 4 aliphatic rings. The Kier molecular flexibility index (Phi) is 14.5. The molecule has 20 rings (SSSR count). The van der Waals surface area contributed by atoms with Crippen LogP contribution < -0.4 is 18.3 Å². The number of hydrogen-bond acceptors (Lipinski definition) is 8. The molecule has 0 aliphatic carbocycles. The fraction of sp³-hybridized carbons (Fsp3) is 0.347. The second kappa shape index (κ2) is 28.3. The van der Waals surface area contributed by atoms with Crippen molar-refractivity contribution in [3.05, 3.63) is 236 Å². The second-order valence-electron chi connectivity index (χ2n) is 32.0. The van der Waals surface area contributed by atoms with Crippen LogP contribution in [0, 0.1) is 51.3 Å². The van der Waals surface area contributed by atoms with Crippen molar-refractivity contribution >= 4 is 88.3 Å². The second-order valence-corrected chi connectivity index (χ2v) is 32.0. The van der Waals surface area contributed by atoms with Crippen LogP contribution >= 0.6 is 0 Å². The van der Waals surface area contributed by atoms with Crippen LogP contribution in [0.3, 0.4) is 0 Å². The molecule has 0 amide bonds. The zero-order valence-corrected chi connectivity index (χ0v) is 65.5. The summed E-state index contributed by atoms with van der Waals surface area (Å²) in [5.41, 5.74) is 29.7. The van der Waals surface area contributed by atoms with Gasteiger partial charge in [-0.2, -0.15) is 18.3 Å². The summed E-state index contributed by atoms with van der Waals surface area (Å²) >= 11 is 0. The number of hydrogen-bond donors (Lipinski definition) is 0. The number of furan rings is 4. The first-order chi connectivity index (χ1) is 58.8. The zero-order chi connectivity index (χ0) is 89.5. The van der Waals surface area contributed by atoms with Crippen molar-refractivity contribution in [1.29, 1.82) is 0 Å². The maximum Gasteiger partial charge on any atom is 0.227 e. The normalized spacial score (nSPS) is 16.3.